The van der Waals surface area contributed by atoms with Gasteiger partial charge in [-0.15, -0.1) is 0 Å². The number of carbonyl (C=O) groups is 2. The average molecular weight is 301 g/mol. The zero-order valence-corrected chi connectivity index (χ0v) is 11.7. The number of amides is 3. The van der Waals surface area contributed by atoms with E-state index in [1.54, 1.807) is 19.9 Å². The van der Waals surface area contributed by atoms with Gasteiger partial charge in [-0.3, -0.25) is 10.1 Å². The van der Waals surface area contributed by atoms with E-state index in [9.17, 15) is 18.4 Å². The maximum atomic E-state index is 12.2. The third kappa shape index (κ3) is 5.64. The van der Waals surface area contributed by atoms with Crippen molar-refractivity contribution in [1.82, 2.24) is 10.6 Å². The van der Waals surface area contributed by atoms with Crippen molar-refractivity contribution >= 4 is 17.6 Å². The van der Waals surface area contributed by atoms with E-state index in [0.29, 0.717) is 17.8 Å². The predicted molar refractivity (Wildman–Crippen MR) is 73.5 cm³/mol. The van der Waals surface area contributed by atoms with E-state index in [1.165, 1.54) is 12.1 Å². The van der Waals surface area contributed by atoms with Gasteiger partial charge in [-0.2, -0.15) is 8.78 Å². The third-order valence-corrected chi connectivity index (χ3v) is 2.53. The second-order valence-electron chi connectivity index (χ2n) is 4.07. The van der Waals surface area contributed by atoms with E-state index in [1.807, 2.05) is 0 Å². The Morgan fingerprint density at radius 2 is 2.05 bits per heavy atom. The molecule has 0 aliphatic carbocycles. The van der Waals surface area contributed by atoms with Gasteiger partial charge < -0.3 is 15.4 Å². The van der Waals surface area contributed by atoms with Crippen molar-refractivity contribution in [3.63, 3.8) is 0 Å². The average Bonchev–Trinajstić information content (AvgIpc) is 2.39. The van der Waals surface area contributed by atoms with Gasteiger partial charge >= 0.3 is 12.6 Å². The standard InChI is InChI=1S/C13H17F2N3O3/c1-3-16-13(20)18-11(19)7-17-9-5-4-6-10(8(9)2)21-12(14)15/h4-6,12,17H,3,7H2,1-2H3,(H2,16,18,19,20). The van der Waals surface area contributed by atoms with Crippen LogP contribution in [0.15, 0.2) is 18.2 Å². The van der Waals surface area contributed by atoms with Crippen molar-refractivity contribution in [2.75, 3.05) is 18.4 Å². The molecule has 1 rings (SSSR count). The highest BCUT2D eigenvalue weighted by atomic mass is 19.3. The van der Waals surface area contributed by atoms with Gasteiger partial charge in [0.1, 0.15) is 5.75 Å². The zero-order valence-electron chi connectivity index (χ0n) is 11.7. The lowest BCUT2D eigenvalue weighted by Gasteiger charge is -2.13. The lowest BCUT2D eigenvalue weighted by Crippen LogP contribution is -2.41. The van der Waals surface area contributed by atoms with Gasteiger partial charge in [-0.25, -0.2) is 4.79 Å². The number of imide groups is 1. The van der Waals surface area contributed by atoms with Crippen molar-refractivity contribution in [2.45, 2.75) is 20.5 Å². The largest absolute Gasteiger partial charge is 0.434 e. The van der Waals surface area contributed by atoms with Crippen LogP contribution >= 0.6 is 0 Å². The number of nitrogens with one attached hydrogen (secondary N) is 3. The molecule has 1 aromatic carbocycles. The first-order valence-electron chi connectivity index (χ1n) is 6.30. The Morgan fingerprint density at radius 1 is 1.33 bits per heavy atom. The maximum Gasteiger partial charge on any atom is 0.387 e. The van der Waals surface area contributed by atoms with E-state index < -0.39 is 18.5 Å². The van der Waals surface area contributed by atoms with E-state index >= 15 is 0 Å². The maximum absolute atomic E-state index is 12.2. The quantitative estimate of drug-likeness (QED) is 0.749. The van der Waals surface area contributed by atoms with Gasteiger partial charge in [0, 0.05) is 17.8 Å². The molecule has 6 nitrogen and oxygen atoms in total. The first kappa shape index (κ1) is 16.7. The molecule has 0 fully saturated rings. The van der Waals surface area contributed by atoms with Crippen LogP contribution in [0.25, 0.3) is 0 Å². The third-order valence-electron chi connectivity index (χ3n) is 2.53. The summed E-state index contributed by atoms with van der Waals surface area (Å²) in [6, 6.07) is 3.96. The zero-order chi connectivity index (χ0) is 15.8. The second-order valence-corrected chi connectivity index (χ2v) is 4.07. The molecule has 0 atom stereocenters. The Morgan fingerprint density at radius 3 is 2.67 bits per heavy atom. The van der Waals surface area contributed by atoms with Crippen molar-refractivity contribution in [2.24, 2.45) is 0 Å². The smallest absolute Gasteiger partial charge is 0.387 e. The van der Waals surface area contributed by atoms with Gasteiger partial charge in [0.15, 0.2) is 0 Å². The van der Waals surface area contributed by atoms with Crippen LogP contribution in [0.3, 0.4) is 0 Å². The highest BCUT2D eigenvalue weighted by Crippen LogP contribution is 2.26. The number of rotatable bonds is 6. The lowest BCUT2D eigenvalue weighted by molar-refractivity contribution is -0.118. The normalized spacial score (nSPS) is 10.1. The van der Waals surface area contributed by atoms with Crippen molar-refractivity contribution in [3.8, 4) is 5.75 Å². The molecule has 0 aliphatic heterocycles. The molecule has 116 valence electrons. The molecule has 3 N–H and O–H groups in total. The minimum absolute atomic E-state index is 0.0270. The van der Waals surface area contributed by atoms with Crippen LogP contribution in [-0.4, -0.2) is 31.6 Å². The number of ether oxygens (including phenoxy) is 1. The van der Waals surface area contributed by atoms with Crippen molar-refractivity contribution < 1.29 is 23.1 Å². The molecular weight excluding hydrogens is 284 g/mol. The van der Waals surface area contributed by atoms with E-state index in [2.05, 4.69) is 20.7 Å². The predicted octanol–water partition coefficient (Wildman–Crippen LogP) is 1.85. The fourth-order valence-electron chi connectivity index (χ4n) is 1.58. The van der Waals surface area contributed by atoms with Gasteiger partial charge in [0.25, 0.3) is 0 Å². The molecule has 3 amide bonds. The van der Waals surface area contributed by atoms with Gasteiger partial charge in [-0.05, 0) is 26.0 Å². The molecule has 0 saturated heterocycles. The summed E-state index contributed by atoms with van der Waals surface area (Å²) in [4.78, 5) is 22.6. The van der Waals surface area contributed by atoms with Crippen LogP contribution in [0.5, 0.6) is 5.75 Å². The summed E-state index contributed by atoms with van der Waals surface area (Å²) in [6.45, 7) is 0.622. The van der Waals surface area contributed by atoms with E-state index in [-0.39, 0.29) is 12.3 Å². The molecular formula is C13H17F2N3O3. The van der Waals surface area contributed by atoms with Crippen LogP contribution in [0, 0.1) is 6.92 Å². The summed E-state index contributed by atoms with van der Waals surface area (Å²) in [5.41, 5.74) is 0.919. The molecule has 8 heteroatoms. The Kier molecular flexibility index (Phi) is 6.38. The molecule has 0 heterocycles. The van der Waals surface area contributed by atoms with Gasteiger partial charge in [0.2, 0.25) is 5.91 Å². The fourth-order valence-corrected chi connectivity index (χ4v) is 1.58. The SMILES string of the molecule is CCNC(=O)NC(=O)CNc1cccc(OC(F)F)c1C. The number of urea groups is 1. The Balaban J connectivity index is 2.59. The van der Waals surface area contributed by atoms with Crippen LogP contribution in [0.1, 0.15) is 12.5 Å². The molecule has 0 radical (unpaired) electrons. The molecule has 0 aromatic heterocycles. The number of benzene rings is 1. The van der Waals surface area contributed by atoms with E-state index in [4.69, 9.17) is 0 Å². The fraction of sp³-hybridized carbons (Fsp3) is 0.385. The number of alkyl halides is 2. The first-order valence-corrected chi connectivity index (χ1v) is 6.30. The number of hydrogen-bond acceptors (Lipinski definition) is 4. The number of anilines is 1. The highest BCUT2D eigenvalue weighted by molar-refractivity contribution is 5.96. The number of carbonyl (C=O) groups excluding carboxylic acids is 2. The summed E-state index contributed by atoms with van der Waals surface area (Å²) in [6.07, 6.45) is 0. The summed E-state index contributed by atoms with van der Waals surface area (Å²) in [5, 5.41) is 7.29. The molecule has 21 heavy (non-hydrogen) atoms. The summed E-state index contributed by atoms with van der Waals surface area (Å²) in [5.74, 6) is -0.514. The summed E-state index contributed by atoms with van der Waals surface area (Å²) >= 11 is 0. The first-order chi connectivity index (χ1) is 9.93. The summed E-state index contributed by atoms with van der Waals surface area (Å²) in [7, 11) is 0. The lowest BCUT2D eigenvalue weighted by atomic mass is 10.2. The molecule has 1 aromatic rings. The van der Waals surface area contributed by atoms with Crippen molar-refractivity contribution in [1.29, 1.82) is 0 Å². The minimum atomic E-state index is -2.92. The Labute approximate surface area is 120 Å². The molecule has 0 spiro atoms. The van der Waals surface area contributed by atoms with Crippen molar-refractivity contribution in [3.05, 3.63) is 23.8 Å². The minimum Gasteiger partial charge on any atom is -0.434 e. The second kappa shape index (κ2) is 8.03. The van der Waals surface area contributed by atoms with Crippen LogP contribution in [-0.2, 0) is 4.79 Å². The Hall–Kier alpha value is -2.38. The monoisotopic (exact) mass is 301 g/mol. The van der Waals surface area contributed by atoms with Crippen LogP contribution in [0.4, 0.5) is 19.3 Å². The van der Waals surface area contributed by atoms with Gasteiger partial charge in [0.05, 0.1) is 6.54 Å². The molecule has 0 aliphatic rings. The summed E-state index contributed by atoms with van der Waals surface area (Å²) < 4.78 is 28.8. The Bertz CT molecular complexity index is 509. The van der Waals surface area contributed by atoms with Gasteiger partial charge in [-0.1, -0.05) is 6.07 Å². The highest BCUT2D eigenvalue weighted by Gasteiger charge is 2.11. The topological polar surface area (TPSA) is 79.5 Å². The number of halogens is 2. The van der Waals surface area contributed by atoms with Crippen LogP contribution < -0.4 is 20.7 Å². The number of hydrogen-bond donors (Lipinski definition) is 3. The molecule has 0 saturated carbocycles. The van der Waals surface area contributed by atoms with E-state index in [0.717, 1.165) is 0 Å². The molecule has 0 bridgehead atoms. The van der Waals surface area contributed by atoms with Crippen LogP contribution in [0.2, 0.25) is 0 Å². The molecule has 0 unspecified atom stereocenters.